The summed E-state index contributed by atoms with van der Waals surface area (Å²) in [5.74, 6) is -2.05. The maximum atomic E-state index is 11.8. The molecule has 0 aromatic rings. The topological polar surface area (TPSA) is 93.1 Å². The zero-order chi connectivity index (χ0) is 16.7. The Morgan fingerprint density at radius 3 is 2.64 bits per heavy atom. The lowest BCUT2D eigenvalue weighted by molar-refractivity contribution is -0.147. The molecule has 0 bridgehead atoms. The van der Waals surface area contributed by atoms with Crippen LogP contribution in [0.5, 0.6) is 0 Å². The molecule has 2 N–H and O–H groups in total. The first-order valence-electron chi connectivity index (χ1n) is 7.42. The van der Waals surface area contributed by atoms with Gasteiger partial charge in [0.2, 0.25) is 0 Å². The number of ether oxygens (including phenoxy) is 2. The van der Waals surface area contributed by atoms with Crippen molar-refractivity contribution in [1.29, 1.82) is 0 Å². The van der Waals surface area contributed by atoms with Crippen molar-refractivity contribution in [2.45, 2.75) is 46.1 Å². The van der Waals surface area contributed by atoms with Gasteiger partial charge in [-0.05, 0) is 39.0 Å². The molecule has 2 atom stereocenters. The highest BCUT2D eigenvalue weighted by Crippen LogP contribution is 2.21. The molecule has 1 heterocycles. The molecular weight excluding hydrogens is 288 g/mol. The van der Waals surface area contributed by atoms with Crippen LogP contribution in [-0.4, -0.2) is 41.5 Å². The van der Waals surface area contributed by atoms with Crippen LogP contribution in [0.15, 0.2) is 23.0 Å². The number of aliphatic hydroxyl groups excluding tert-OH is 2. The van der Waals surface area contributed by atoms with Crippen molar-refractivity contribution in [2.24, 2.45) is 5.92 Å². The largest absolute Gasteiger partial charge is 0.507 e. The zero-order valence-corrected chi connectivity index (χ0v) is 13.3. The molecule has 124 valence electrons. The summed E-state index contributed by atoms with van der Waals surface area (Å²) in [4.78, 5) is 23.2. The number of hydrogen-bond donors (Lipinski definition) is 2. The van der Waals surface area contributed by atoms with Crippen LogP contribution < -0.4 is 0 Å². The third kappa shape index (κ3) is 5.18. The number of carbonyl (C=O) groups is 2. The van der Waals surface area contributed by atoms with Crippen LogP contribution >= 0.6 is 0 Å². The predicted molar refractivity (Wildman–Crippen MR) is 80.0 cm³/mol. The number of carbonyl (C=O) groups excluding carboxylic acids is 2. The third-order valence-corrected chi connectivity index (χ3v) is 3.44. The molecule has 0 unspecified atom stereocenters. The summed E-state index contributed by atoms with van der Waals surface area (Å²) < 4.78 is 9.64. The summed E-state index contributed by atoms with van der Waals surface area (Å²) in [5.41, 5.74) is 0.760. The Morgan fingerprint density at radius 2 is 2.09 bits per heavy atom. The Kier molecular flexibility index (Phi) is 7.11. The number of cyclic esters (lactones) is 1. The standard InChI is InChI=1S/C16H24O6/c1-10(2)5-4-6-11(3)7-8-21-15(19)13-14(18)12(9-17)22-16(13)20/h5,11-12,17-18H,4,6-9H2,1-3H3/t11-,12+/m0/s1. The van der Waals surface area contributed by atoms with Gasteiger partial charge in [-0.25, -0.2) is 9.59 Å². The Bertz CT molecular complexity index is 473. The number of aliphatic hydroxyl groups is 2. The molecule has 6 heteroatoms. The smallest absolute Gasteiger partial charge is 0.350 e. The quantitative estimate of drug-likeness (QED) is 0.405. The first-order valence-corrected chi connectivity index (χ1v) is 7.42. The Hall–Kier alpha value is -1.82. The van der Waals surface area contributed by atoms with E-state index in [1.54, 1.807) is 0 Å². The van der Waals surface area contributed by atoms with Gasteiger partial charge in [0, 0.05) is 0 Å². The van der Waals surface area contributed by atoms with Crippen molar-refractivity contribution in [3.8, 4) is 0 Å². The molecule has 0 spiro atoms. The molecule has 1 aliphatic heterocycles. The second-order valence-corrected chi connectivity index (χ2v) is 5.73. The molecule has 0 fully saturated rings. The van der Waals surface area contributed by atoms with Crippen LogP contribution in [0.25, 0.3) is 0 Å². The molecule has 1 rings (SSSR count). The maximum Gasteiger partial charge on any atom is 0.350 e. The fourth-order valence-corrected chi connectivity index (χ4v) is 2.05. The van der Waals surface area contributed by atoms with Gasteiger partial charge in [-0.15, -0.1) is 0 Å². The fourth-order valence-electron chi connectivity index (χ4n) is 2.05. The van der Waals surface area contributed by atoms with Crippen molar-refractivity contribution in [2.75, 3.05) is 13.2 Å². The van der Waals surface area contributed by atoms with Crippen molar-refractivity contribution in [1.82, 2.24) is 0 Å². The number of allylic oxidation sites excluding steroid dienone is 2. The van der Waals surface area contributed by atoms with Crippen molar-refractivity contribution in [3.63, 3.8) is 0 Å². The van der Waals surface area contributed by atoms with Gasteiger partial charge in [0.1, 0.15) is 0 Å². The molecule has 0 radical (unpaired) electrons. The van der Waals surface area contributed by atoms with Crippen LogP contribution in [0, 0.1) is 5.92 Å². The zero-order valence-electron chi connectivity index (χ0n) is 13.3. The van der Waals surface area contributed by atoms with E-state index in [1.165, 1.54) is 5.57 Å². The lowest BCUT2D eigenvalue weighted by Gasteiger charge is -2.10. The van der Waals surface area contributed by atoms with Gasteiger partial charge in [-0.3, -0.25) is 0 Å². The number of hydrogen-bond acceptors (Lipinski definition) is 6. The molecule has 0 aromatic carbocycles. The summed E-state index contributed by atoms with van der Waals surface area (Å²) in [6.45, 7) is 5.76. The first kappa shape index (κ1) is 18.2. The van der Waals surface area contributed by atoms with Crippen LogP contribution in [-0.2, 0) is 19.1 Å². The number of rotatable bonds is 8. The van der Waals surface area contributed by atoms with E-state index in [2.05, 4.69) is 17.7 Å². The molecule has 22 heavy (non-hydrogen) atoms. The summed E-state index contributed by atoms with van der Waals surface area (Å²) in [7, 11) is 0. The van der Waals surface area contributed by atoms with Crippen molar-refractivity contribution < 1.29 is 29.3 Å². The van der Waals surface area contributed by atoms with Gasteiger partial charge < -0.3 is 19.7 Å². The highest BCUT2D eigenvalue weighted by Gasteiger charge is 2.39. The molecular formula is C16H24O6. The summed E-state index contributed by atoms with van der Waals surface area (Å²) >= 11 is 0. The van der Waals surface area contributed by atoms with Gasteiger partial charge in [-0.2, -0.15) is 0 Å². The maximum absolute atomic E-state index is 11.8. The molecule has 0 aliphatic carbocycles. The van der Waals surface area contributed by atoms with Gasteiger partial charge >= 0.3 is 11.9 Å². The lowest BCUT2D eigenvalue weighted by atomic mass is 10.0. The first-order chi connectivity index (χ1) is 10.4. The minimum atomic E-state index is -1.17. The predicted octanol–water partition coefficient (Wildman–Crippen LogP) is 2.03. The van der Waals surface area contributed by atoms with Crippen molar-refractivity contribution in [3.05, 3.63) is 23.0 Å². The second-order valence-electron chi connectivity index (χ2n) is 5.73. The molecule has 0 amide bonds. The van der Waals surface area contributed by atoms with Crippen LogP contribution in [0.4, 0.5) is 0 Å². The van der Waals surface area contributed by atoms with E-state index in [9.17, 15) is 14.7 Å². The SMILES string of the molecule is CC(C)=CCC[C@H](C)CCOC(=O)C1=C(O)[C@@H](CO)OC1=O. The third-order valence-electron chi connectivity index (χ3n) is 3.44. The fraction of sp³-hybridized carbons (Fsp3) is 0.625. The van der Waals surface area contributed by atoms with E-state index in [0.717, 1.165) is 12.8 Å². The van der Waals surface area contributed by atoms with Gasteiger partial charge in [0.05, 0.1) is 13.2 Å². The van der Waals surface area contributed by atoms with Gasteiger partial charge in [-0.1, -0.05) is 18.6 Å². The summed E-state index contributed by atoms with van der Waals surface area (Å²) in [6.07, 6.45) is 3.64. The lowest BCUT2D eigenvalue weighted by Crippen LogP contribution is -2.16. The van der Waals surface area contributed by atoms with Crippen LogP contribution in [0.3, 0.4) is 0 Å². The Labute approximate surface area is 130 Å². The highest BCUT2D eigenvalue weighted by molar-refractivity contribution is 6.16. The van der Waals surface area contributed by atoms with Crippen molar-refractivity contribution >= 4 is 11.9 Å². The minimum Gasteiger partial charge on any atom is -0.507 e. The monoisotopic (exact) mass is 312 g/mol. The van der Waals surface area contributed by atoms with Crippen LogP contribution in [0.1, 0.15) is 40.0 Å². The highest BCUT2D eigenvalue weighted by atomic mass is 16.6. The minimum absolute atomic E-state index is 0.169. The average molecular weight is 312 g/mol. The van der Waals surface area contributed by atoms with Gasteiger partial charge in [0.15, 0.2) is 17.4 Å². The van der Waals surface area contributed by atoms with Gasteiger partial charge in [0.25, 0.3) is 0 Å². The van der Waals surface area contributed by atoms with E-state index in [4.69, 9.17) is 9.84 Å². The van der Waals surface area contributed by atoms with E-state index in [-0.39, 0.29) is 6.61 Å². The summed E-state index contributed by atoms with van der Waals surface area (Å²) in [6, 6.07) is 0. The second kappa shape index (κ2) is 8.58. The van der Waals surface area contributed by atoms with E-state index in [0.29, 0.717) is 12.3 Å². The Morgan fingerprint density at radius 1 is 1.41 bits per heavy atom. The molecule has 6 nitrogen and oxygen atoms in total. The summed E-state index contributed by atoms with van der Waals surface area (Å²) in [5, 5.41) is 18.5. The van der Waals surface area contributed by atoms with E-state index < -0.39 is 36.0 Å². The average Bonchev–Trinajstić information content (AvgIpc) is 2.72. The van der Waals surface area contributed by atoms with E-state index >= 15 is 0 Å². The molecule has 0 aromatic heterocycles. The molecule has 1 aliphatic rings. The Balaban J connectivity index is 2.39. The normalized spacial score (nSPS) is 18.9. The number of esters is 2. The molecule has 0 saturated carbocycles. The molecule has 0 saturated heterocycles. The van der Waals surface area contributed by atoms with Crippen LogP contribution in [0.2, 0.25) is 0 Å². The van der Waals surface area contributed by atoms with E-state index in [1.807, 2.05) is 13.8 Å².